The van der Waals surface area contributed by atoms with Gasteiger partial charge in [-0.1, -0.05) is 50.9 Å². The Morgan fingerprint density at radius 2 is 1.51 bits per heavy atom. The van der Waals surface area contributed by atoms with Crippen LogP contribution in [0, 0.1) is 6.92 Å². The second kappa shape index (κ2) is 21.1. The van der Waals surface area contributed by atoms with Gasteiger partial charge in [0.05, 0.1) is 18.5 Å². The van der Waals surface area contributed by atoms with Gasteiger partial charge in [-0.05, 0) is 67.9 Å². The van der Waals surface area contributed by atoms with Crippen molar-refractivity contribution in [2.75, 3.05) is 31.9 Å². The first-order valence-electron chi connectivity index (χ1n) is 14.9. The van der Waals surface area contributed by atoms with Gasteiger partial charge in [-0.2, -0.15) is 5.06 Å². The fraction of sp³-hybridized carbons (Fsp3) is 0.375. The van der Waals surface area contributed by atoms with E-state index < -0.39 is 49.2 Å². The average Bonchev–Trinajstić information content (AvgIpc) is 3.36. The molecule has 0 atom stereocenters. The monoisotopic (exact) mass is 796 g/mol. The zero-order chi connectivity index (χ0) is 36.5. The second-order valence-electron chi connectivity index (χ2n) is 10.4. The SMILES string of the molecule is CCCCCCN(Oc1ccc2c(c1)c(CC(=O)O)c(C)n2C(=O)c1ccc(Cl)cc1)C(=O)C[N-]C(=O)C[N-]C(=O)C[N-]C(=O)C[S-].[O]=[Tc+4]. The Morgan fingerprint density at radius 3 is 2.10 bits per heavy atom. The molecular formula is C32H34ClN5O9STc. The molecule has 0 bridgehead atoms. The van der Waals surface area contributed by atoms with Gasteiger partial charge in [0.25, 0.3) is 5.91 Å². The Kier molecular flexibility index (Phi) is 17.7. The van der Waals surface area contributed by atoms with E-state index in [2.05, 4.69) is 28.6 Å². The topological polar surface area (TPSA) is 199 Å². The predicted molar refractivity (Wildman–Crippen MR) is 178 cm³/mol. The molecule has 0 unspecified atom stereocenters. The molecule has 1 heterocycles. The fourth-order valence-corrected chi connectivity index (χ4v) is 4.82. The van der Waals surface area contributed by atoms with Crippen LogP contribution in [0.4, 0.5) is 0 Å². The predicted octanol–water partition coefficient (Wildman–Crippen LogP) is 4.75. The Bertz CT molecular complexity index is 1650. The number of carboxylic acid groups (broad SMARTS) is 1. The van der Waals surface area contributed by atoms with Crippen molar-refractivity contribution in [3.63, 3.8) is 0 Å². The molecule has 0 radical (unpaired) electrons. The first-order valence-corrected chi connectivity index (χ1v) is 16.6. The minimum atomic E-state index is -1.09. The number of nitrogens with zero attached hydrogens (tertiary/aromatic N) is 5. The van der Waals surface area contributed by atoms with Crippen molar-refractivity contribution < 1.29 is 61.1 Å². The number of carbonyl (C=O) groups excluding carboxylic acids is 5. The van der Waals surface area contributed by atoms with Crippen molar-refractivity contribution in [2.45, 2.75) is 46.0 Å². The molecule has 2 aromatic carbocycles. The molecule has 0 fully saturated rings. The number of hydrogen-bond acceptors (Lipinski definition) is 9. The van der Waals surface area contributed by atoms with Crippen molar-refractivity contribution >= 4 is 70.6 Å². The van der Waals surface area contributed by atoms with Crippen molar-refractivity contribution in [3.05, 3.63) is 80.3 Å². The summed E-state index contributed by atoms with van der Waals surface area (Å²) in [6.07, 6.45) is 2.95. The van der Waals surface area contributed by atoms with Gasteiger partial charge in [-0.25, -0.2) is 0 Å². The maximum absolute atomic E-state index is 13.5. The Hall–Kier alpha value is -4.11. The van der Waals surface area contributed by atoms with Crippen molar-refractivity contribution in [3.8, 4) is 5.75 Å². The third-order valence-electron chi connectivity index (χ3n) is 6.93. The summed E-state index contributed by atoms with van der Waals surface area (Å²) in [4.78, 5) is 79.4. The van der Waals surface area contributed by atoms with Crippen LogP contribution in [-0.2, 0) is 65.4 Å². The third-order valence-corrected chi connectivity index (χ3v) is 7.43. The number of carbonyl (C=O) groups is 6. The number of amides is 4. The van der Waals surface area contributed by atoms with Crippen LogP contribution >= 0.6 is 11.6 Å². The molecule has 0 aliphatic heterocycles. The number of hydroxylamine groups is 2. The molecule has 261 valence electrons. The van der Waals surface area contributed by atoms with E-state index in [1.807, 2.05) is 6.92 Å². The number of carboxylic acids is 1. The Morgan fingerprint density at radius 1 is 0.898 bits per heavy atom. The second-order valence-corrected chi connectivity index (χ2v) is 11.1. The molecule has 14 nitrogen and oxygen atoms in total. The van der Waals surface area contributed by atoms with Gasteiger partial charge < -0.3 is 52.9 Å². The molecule has 49 heavy (non-hydrogen) atoms. The summed E-state index contributed by atoms with van der Waals surface area (Å²) in [6, 6.07) is 11.1. The quantitative estimate of drug-likeness (QED) is 0.113. The van der Waals surface area contributed by atoms with Crippen molar-refractivity contribution in [1.29, 1.82) is 0 Å². The van der Waals surface area contributed by atoms with Gasteiger partial charge in [0.1, 0.15) is 0 Å². The van der Waals surface area contributed by atoms with Crippen molar-refractivity contribution in [1.82, 2.24) is 9.63 Å². The van der Waals surface area contributed by atoms with Gasteiger partial charge >= 0.3 is 28.3 Å². The summed E-state index contributed by atoms with van der Waals surface area (Å²) in [7, 11) is 0. The minimum absolute atomic E-state index is 0.179. The number of unbranched alkanes of at least 4 members (excludes halogenated alkanes) is 3. The summed E-state index contributed by atoms with van der Waals surface area (Å²) in [5.74, 6) is -4.43. The zero-order valence-corrected chi connectivity index (χ0v) is 30.2. The first kappa shape index (κ1) is 41.1. The van der Waals surface area contributed by atoms with E-state index in [1.165, 1.54) is 4.57 Å². The van der Waals surface area contributed by atoms with Crippen LogP contribution in [-0.4, -0.2) is 82.2 Å². The molecule has 0 spiro atoms. The van der Waals surface area contributed by atoms with Crippen LogP contribution in [0.15, 0.2) is 42.5 Å². The molecule has 4 amide bonds. The fourth-order valence-electron chi connectivity index (χ4n) is 4.60. The van der Waals surface area contributed by atoms with Gasteiger partial charge in [0.15, 0.2) is 5.75 Å². The summed E-state index contributed by atoms with van der Waals surface area (Å²) >= 11 is 11.4. The summed E-state index contributed by atoms with van der Waals surface area (Å²) in [5, 5.41) is 22.2. The van der Waals surface area contributed by atoms with E-state index in [9.17, 15) is 33.9 Å². The van der Waals surface area contributed by atoms with Crippen LogP contribution < -0.4 is 4.84 Å². The molecule has 0 aliphatic carbocycles. The van der Waals surface area contributed by atoms with Gasteiger partial charge in [-0.3, -0.25) is 19.0 Å². The van der Waals surface area contributed by atoms with E-state index in [1.54, 1.807) is 49.4 Å². The maximum atomic E-state index is 13.5. The number of benzene rings is 2. The Balaban J connectivity index is 0.00000409. The molecule has 1 aromatic heterocycles. The standard InChI is InChI=1S/C32H38ClN5O8S.O.Tc/c1-3-4-5-6-13-37(30(42)18-36-28(40)16-34-27(39)17-35-29(41)19-47)46-23-11-12-26-25(14-23)24(15-31(43)44)20(2)38(26)32(45)21-7-9-22(33)10-8-21;;/h7-12,14H,3-6,13,15-19H2,1-2H3,(H5,34,35,36,39,40,41,43,44,47);;/q;;+4/p-4. The number of aliphatic carboxylic acids is 1. The van der Waals surface area contributed by atoms with E-state index >= 15 is 0 Å². The van der Waals surface area contributed by atoms with E-state index in [4.69, 9.17) is 19.9 Å². The summed E-state index contributed by atoms with van der Waals surface area (Å²) in [6.45, 7) is 2.16. The normalized spacial score (nSPS) is 10.4. The van der Waals surface area contributed by atoms with Crippen LogP contribution in [0.25, 0.3) is 26.9 Å². The molecule has 0 aliphatic rings. The first-order chi connectivity index (χ1) is 23.4. The zero-order valence-electron chi connectivity index (χ0n) is 26.7. The molecule has 3 rings (SSSR count). The van der Waals surface area contributed by atoms with E-state index in [-0.39, 0.29) is 30.4 Å². The number of fused-ring (bicyclic) bond motifs is 1. The van der Waals surface area contributed by atoms with E-state index in [0.29, 0.717) is 39.2 Å². The van der Waals surface area contributed by atoms with Gasteiger partial charge in [0, 0.05) is 39.4 Å². The number of hydrogen-bond donors (Lipinski definition) is 1. The van der Waals surface area contributed by atoms with Crippen LogP contribution in [0.1, 0.15) is 54.2 Å². The Labute approximate surface area is 304 Å². The van der Waals surface area contributed by atoms with E-state index in [0.717, 1.165) is 43.2 Å². The summed E-state index contributed by atoms with van der Waals surface area (Å²) < 4.78 is 9.65. The number of halogens is 1. The molecule has 1 N–H and O–H groups in total. The molecular weight excluding hydrogens is 764 g/mol. The van der Waals surface area contributed by atoms with Crippen LogP contribution in [0.3, 0.4) is 0 Å². The number of aromatic nitrogens is 1. The average molecular weight is 798 g/mol. The van der Waals surface area contributed by atoms with Gasteiger partial charge in [0.2, 0.25) is 5.91 Å². The third kappa shape index (κ3) is 12.7. The summed E-state index contributed by atoms with van der Waals surface area (Å²) in [5.41, 5.74) is 1.65. The van der Waals surface area contributed by atoms with Crippen LogP contribution in [0.5, 0.6) is 5.75 Å². The molecule has 3 aromatic rings. The number of rotatable bonds is 17. The van der Waals surface area contributed by atoms with Crippen LogP contribution in [0.2, 0.25) is 5.02 Å². The molecule has 17 heteroatoms. The molecule has 0 saturated heterocycles. The van der Waals surface area contributed by atoms with Crippen molar-refractivity contribution in [2.24, 2.45) is 0 Å². The molecule has 0 saturated carbocycles. The van der Waals surface area contributed by atoms with Gasteiger partial charge in [-0.15, -0.1) is 5.75 Å².